The number of thiocarbonyl (C=S) groups is 1. The van der Waals surface area contributed by atoms with Crippen LogP contribution in [0.2, 0.25) is 0 Å². The minimum absolute atomic E-state index is 0.0476. The summed E-state index contributed by atoms with van der Waals surface area (Å²) in [6.45, 7) is 0.654. The molecule has 0 atom stereocenters. The summed E-state index contributed by atoms with van der Waals surface area (Å²) in [7, 11) is 1.62. The number of aromatic nitrogens is 1. The van der Waals surface area contributed by atoms with Crippen molar-refractivity contribution in [3.63, 3.8) is 0 Å². The van der Waals surface area contributed by atoms with E-state index < -0.39 is 5.91 Å². The van der Waals surface area contributed by atoms with E-state index in [-0.39, 0.29) is 22.8 Å². The van der Waals surface area contributed by atoms with Gasteiger partial charge < -0.3 is 14.6 Å². The first-order valence-electron chi connectivity index (χ1n) is 10.3. The number of ether oxygens (including phenoxy) is 1. The van der Waals surface area contributed by atoms with E-state index in [1.54, 1.807) is 13.2 Å². The number of carbonyl (C=O) groups excluding carboxylic acids is 2. The maximum Gasteiger partial charge on any atom is 0.259 e. The van der Waals surface area contributed by atoms with Crippen LogP contribution in [-0.2, 0) is 16.1 Å². The zero-order valence-electron chi connectivity index (χ0n) is 17.4. The number of amides is 1. The lowest BCUT2D eigenvalue weighted by atomic mass is 10.0. The fourth-order valence-corrected chi connectivity index (χ4v) is 4.34. The van der Waals surface area contributed by atoms with Crippen LogP contribution < -0.4 is 10.1 Å². The first kappa shape index (κ1) is 20.2. The molecule has 32 heavy (non-hydrogen) atoms. The molecule has 1 fully saturated rings. The number of methoxy groups -OCH3 is 1. The zero-order chi connectivity index (χ0) is 22.2. The molecule has 1 aliphatic rings. The molecule has 3 aromatic carbocycles. The van der Waals surface area contributed by atoms with E-state index in [0.29, 0.717) is 12.3 Å². The molecule has 0 unspecified atom stereocenters. The monoisotopic (exact) mass is 440 g/mol. The van der Waals surface area contributed by atoms with Crippen LogP contribution in [-0.4, -0.2) is 28.4 Å². The molecule has 2 heterocycles. The van der Waals surface area contributed by atoms with Gasteiger partial charge in [-0.05, 0) is 46.7 Å². The van der Waals surface area contributed by atoms with Crippen molar-refractivity contribution in [2.45, 2.75) is 13.0 Å². The highest BCUT2D eigenvalue weighted by Crippen LogP contribution is 2.29. The van der Waals surface area contributed by atoms with Crippen molar-refractivity contribution >= 4 is 56.6 Å². The minimum atomic E-state index is -0.454. The number of fused-ring (bicyclic) bond motifs is 2. The smallest absolute Gasteiger partial charge is 0.259 e. The van der Waals surface area contributed by atoms with E-state index in [1.807, 2.05) is 36.5 Å². The second kappa shape index (κ2) is 8.05. The van der Waals surface area contributed by atoms with Crippen LogP contribution in [0.25, 0.3) is 27.8 Å². The topological polar surface area (TPSA) is 60.3 Å². The first-order valence-corrected chi connectivity index (χ1v) is 10.7. The standard InChI is InChI=1S/C26H20N2O3S/c1-31-20-8-9-23-21(12-20)19(11-22-24(29)13-25(32)27-26(22)30)15-28(23)14-16-6-7-17-4-2-3-5-18(17)10-16/h2-12,15H,13-14H2,1H3,(H,27,30,32)/b22-11-. The Bertz CT molecular complexity index is 1430. The summed E-state index contributed by atoms with van der Waals surface area (Å²) < 4.78 is 7.53. The van der Waals surface area contributed by atoms with E-state index in [2.05, 4.69) is 40.2 Å². The fraction of sp³-hybridized carbons (Fsp3) is 0.115. The minimum Gasteiger partial charge on any atom is -0.497 e. The summed E-state index contributed by atoms with van der Waals surface area (Å²) in [5.41, 5.74) is 3.05. The molecule has 5 nitrogen and oxygen atoms in total. The molecule has 5 rings (SSSR count). The highest BCUT2D eigenvalue weighted by molar-refractivity contribution is 7.80. The molecule has 0 saturated carbocycles. The molecular weight excluding hydrogens is 420 g/mol. The number of carbonyl (C=O) groups is 2. The van der Waals surface area contributed by atoms with Gasteiger partial charge in [-0.1, -0.05) is 48.6 Å². The van der Waals surface area contributed by atoms with Crippen LogP contribution in [0, 0.1) is 0 Å². The number of nitrogens with one attached hydrogen (secondary N) is 1. The molecule has 0 radical (unpaired) electrons. The summed E-state index contributed by atoms with van der Waals surface area (Å²) in [6, 6.07) is 20.5. The van der Waals surface area contributed by atoms with Gasteiger partial charge in [0.2, 0.25) is 0 Å². The van der Waals surface area contributed by atoms with Crippen LogP contribution in [0.1, 0.15) is 17.5 Å². The van der Waals surface area contributed by atoms with Gasteiger partial charge in [0.1, 0.15) is 5.75 Å². The van der Waals surface area contributed by atoms with Crippen molar-refractivity contribution in [2.75, 3.05) is 7.11 Å². The molecule has 158 valence electrons. The summed E-state index contributed by atoms with van der Waals surface area (Å²) in [4.78, 5) is 25.1. The van der Waals surface area contributed by atoms with Crippen molar-refractivity contribution in [3.05, 3.63) is 83.6 Å². The van der Waals surface area contributed by atoms with Crippen LogP contribution >= 0.6 is 12.2 Å². The average molecular weight is 441 g/mol. The van der Waals surface area contributed by atoms with Gasteiger partial charge in [-0.25, -0.2) is 0 Å². The number of piperidine rings is 1. The summed E-state index contributed by atoms with van der Waals surface area (Å²) >= 11 is 5.00. The molecule has 1 N–H and O–H groups in total. The highest BCUT2D eigenvalue weighted by atomic mass is 32.1. The van der Waals surface area contributed by atoms with Crippen LogP contribution in [0.5, 0.6) is 5.75 Å². The van der Waals surface area contributed by atoms with Gasteiger partial charge in [-0.2, -0.15) is 0 Å². The number of hydrogen-bond donors (Lipinski definition) is 1. The van der Waals surface area contributed by atoms with Gasteiger partial charge in [-0.15, -0.1) is 0 Å². The van der Waals surface area contributed by atoms with E-state index in [0.717, 1.165) is 22.0 Å². The molecule has 4 aromatic rings. The first-order chi connectivity index (χ1) is 15.5. The van der Waals surface area contributed by atoms with Gasteiger partial charge >= 0.3 is 0 Å². The molecular formula is C26H20N2O3S. The Hall–Kier alpha value is -3.77. The van der Waals surface area contributed by atoms with Crippen molar-refractivity contribution in [1.29, 1.82) is 0 Å². The Morgan fingerprint density at radius 1 is 1.06 bits per heavy atom. The normalized spacial score (nSPS) is 15.5. The Balaban J connectivity index is 1.60. The van der Waals surface area contributed by atoms with Crippen LogP contribution in [0.3, 0.4) is 0 Å². The van der Waals surface area contributed by atoms with Crippen LogP contribution in [0.4, 0.5) is 0 Å². The van der Waals surface area contributed by atoms with Crippen molar-refractivity contribution in [1.82, 2.24) is 9.88 Å². The Morgan fingerprint density at radius 3 is 2.66 bits per heavy atom. The summed E-state index contributed by atoms with van der Waals surface area (Å²) in [6.07, 6.45) is 3.67. The quantitative estimate of drug-likeness (QED) is 0.285. The lowest BCUT2D eigenvalue weighted by Gasteiger charge is -2.14. The molecule has 1 amide bonds. The zero-order valence-corrected chi connectivity index (χ0v) is 18.2. The van der Waals surface area contributed by atoms with Gasteiger partial charge in [-0.3, -0.25) is 9.59 Å². The number of Topliss-reactive ketones (excluding diaryl/α,β-unsaturated/α-hetero) is 1. The lowest BCUT2D eigenvalue weighted by molar-refractivity contribution is -0.122. The van der Waals surface area contributed by atoms with E-state index in [4.69, 9.17) is 17.0 Å². The predicted molar refractivity (Wildman–Crippen MR) is 130 cm³/mol. The SMILES string of the molecule is COc1ccc2c(c1)c(/C=C1/C(=O)CC(=S)NC1=O)cn2Cc1ccc2ccccc2c1. The number of benzene rings is 3. The number of ketones is 1. The molecule has 1 aliphatic heterocycles. The Kier molecular flexibility index (Phi) is 5.07. The fourth-order valence-electron chi connectivity index (χ4n) is 4.12. The average Bonchev–Trinajstić information content (AvgIpc) is 3.12. The largest absolute Gasteiger partial charge is 0.497 e. The molecule has 1 aromatic heterocycles. The second-order valence-electron chi connectivity index (χ2n) is 7.81. The van der Waals surface area contributed by atoms with Crippen molar-refractivity contribution < 1.29 is 14.3 Å². The third-order valence-corrected chi connectivity index (χ3v) is 5.95. The number of hydrogen-bond acceptors (Lipinski definition) is 4. The van der Waals surface area contributed by atoms with Gasteiger partial charge in [0.05, 0.1) is 24.1 Å². The molecule has 0 aliphatic carbocycles. The van der Waals surface area contributed by atoms with Crippen molar-refractivity contribution in [2.24, 2.45) is 0 Å². The number of nitrogens with zero attached hydrogens (tertiary/aromatic N) is 1. The highest BCUT2D eigenvalue weighted by Gasteiger charge is 2.26. The third-order valence-electron chi connectivity index (χ3n) is 5.70. The van der Waals surface area contributed by atoms with Gasteiger partial charge in [0, 0.05) is 29.2 Å². The summed E-state index contributed by atoms with van der Waals surface area (Å²) in [5, 5.41) is 5.88. The van der Waals surface area contributed by atoms with Crippen LogP contribution in [0.15, 0.2) is 72.4 Å². The van der Waals surface area contributed by atoms with E-state index in [1.165, 1.54) is 10.8 Å². The van der Waals surface area contributed by atoms with E-state index >= 15 is 0 Å². The molecule has 0 bridgehead atoms. The molecule has 0 spiro atoms. The lowest BCUT2D eigenvalue weighted by Crippen LogP contribution is -2.39. The Labute approximate surface area is 190 Å². The summed E-state index contributed by atoms with van der Waals surface area (Å²) in [5.74, 6) is -0.0112. The predicted octanol–water partition coefficient (Wildman–Crippen LogP) is 4.65. The molecule has 6 heteroatoms. The van der Waals surface area contributed by atoms with Crippen molar-refractivity contribution in [3.8, 4) is 5.75 Å². The second-order valence-corrected chi connectivity index (χ2v) is 8.30. The van der Waals surface area contributed by atoms with Gasteiger partial charge in [0.15, 0.2) is 5.78 Å². The maximum atomic E-state index is 12.5. The molecule has 1 saturated heterocycles. The Morgan fingerprint density at radius 2 is 1.88 bits per heavy atom. The van der Waals surface area contributed by atoms with Gasteiger partial charge in [0.25, 0.3) is 5.91 Å². The third kappa shape index (κ3) is 3.69. The number of rotatable bonds is 4. The van der Waals surface area contributed by atoms with E-state index in [9.17, 15) is 9.59 Å². The maximum absolute atomic E-state index is 12.5.